The molecule has 4 unspecified atom stereocenters. The predicted octanol–water partition coefficient (Wildman–Crippen LogP) is 3.08. The molecule has 1 aliphatic carbocycles. The highest BCUT2D eigenvalue weighted by atomic mass is 127. The van der Waals surface area contributed by atoms with Crippen LogP contribution in [0.3, 0.4) is 0 Å². The van der Waals surface area contributed by atoms with Crippen molar-refractivity contribution in [2.24, 2.45) is 16.8 Å². The van der Waals surface area contributed by atoms with Crippen LogP contribution in [0, 0.1) is 11.8 Å². The summed E-state index contributed by atoms with van der Waals surface area (Å²) >= 11 is 1.86. The van der Waals surface area contributed by atoms with E-state index in [-0.39, 0.29) is 30.1 Å². The van der Waals surface area contributed by atoms with Gasteiger partial charge in [-0.25, -0.2) is 0 Å². The van der Waals surface area contributed by atoms with Gasteiger partial charge in [0.25, 0.3) is 0 Å². The lowest BCUT2D eigenvalue weighted by molar-refractivity contribution is 0.124. The monoisotopic (exact) mass is 492 g/mol. The maximum Gasteiger partial charge on any atom is 0.190 e. The molecule has 2 fully saturated rings. The van der Waals surface area contributed by atoms with Gasteiger partial charge in [0.2, 0.25) is 0 Å². The molecule has 0 amide bonds. The molecular weight excluding hydrogens is 459 g/mol. The van der Waals surface area contributed by atoms with Crippen molar-refractivity contribution in [2.75, 3.05) is 33.7 Å². The van der Waals surface area contributed by atoms with Crippen LogP contribution in [0.2, 0.25) is 0 Å². The molecule has 1 aromatic heterocycles. The van der Waals surface area contributed by atoms with Gasteiger partial charge in [0.05, 0.1) is 6.10 Å². The molecule has 3 N–H and O–H groups in total. The largest absolute Gasteiger partial charge is 0.393 e. The van der Waals surface area contributed by atoms with E-state index in [9.17, 15) is 5.11 Å². The molecule has 26 heavy (non-hydrogen) atoms. The molecule has 0 spiro atoms. The van der Waals surface area contributed by atoms with Crippen LogP contribution in [-0.2, 0) is 0 Å². The van der Waals surface area contributed by atoms with Crippen LogP contribution in [0.25, 0.3) is 0 Å². The van der Waals surface area contributed by atoms with Crippen molar-refractivity contribution in [3.63, 3.8) is 0 Å². The number of aliphatic imine (C=N–C) groups is 1. The van der Waals surface area contributed by atoms with Crippen molar-refractivity contribution < 1.29 is 5.11 Å². The molecule has 2 aliphatic rings. The Kier molecular flexibility index (Phi) is 9.12. The summed E-state index contributed by atoms with van der Waals surface area (Å²) in [5.41, 5.74) is 0. The molecule has 1 saturated heterocycles. The number of nitrogens with zero attached hydrogens (tertiary/aromatic N) is 2. The fourth-order valence-corrected chi connectivity index (χ4v) is 5.30. The average molecular weight is 492 g/mol. The number of nitrogens with one attached hydrogen (secondary N) is 2. The number of likely N-dealkylation sites (tertiary alicyclic amines) is 1. The molecule has 148 valence electrons. The fourth-order valence-electron chi connectivity index (χ4n) is 4.31. The van der Waals surface area contributed by atoms with Crippen LogP contribution in [0.4, 0.5) is 0 Å². The molecule has 0 aromatic carbocycles. The second kappa shape index (κ2) is 10.8. The first kappa shape index (κ1) is 21.9. The maximum atomic E-state index is 9.97. The SMILES string of the molecule is CN=C(NCC1CCCC1O)NCC1CCCN(C)C1c1cccs1.I. The van der Waals surface area contributed by atoms with Crippen molar-refractivity contribution in [3.05, 3.63) is 22.4 Å². The topological polar surface area (TPSA) is 59.9 Å². The van der Waals surface area contributed by atoms with Gasteiger partial charge in [-0.2, -0.15) is 0 Å². The smallest absolute Gasteiger partial charge is 0.190 e. The van der Waals surface area contributed by atoms with E-state index in [1.807, 2.05) is 18.4 Å². The number of thiophene rings is 1. The summed E-state index contributed by atoms with van der Waals surface area (Å²) < 4.78 is 0. The second-order valence-electron chi connectivity index (χ2n) is 7.44. The maximum absolute atomic E-state index is 9.97. The van der Waals surface area contributed by atoms with E-state index in [1.165, 1.54) is 24.3 Å². The Morgan fingerprint density at radius 2 is 1.96 bits per heavy atom. The van der Waals surface area contributed by atoms with E-state index in [4.69, 9.17) is 0 Å². The third kappa shape index (κ3) is 5.56. The number of hydrogen-bond acceptors (Lipinski definition) is 4. The lowest BCUT2D eigenvalue weighted by Gasteiger charge is -2.39. The van der Waals surface area contributed by atoms with Crippen LogP contribution < -0.4 is 10.6 Å². The number of rotatable bonds is 5. The van der Waals surface area contributed by atoms with Gasteiger partial charge in [0.1, 0.15) is 0 Å². The number of halogens is 1. The lowest BCUT2D eigenvalue weighted by Crippen LogP contribution is -2.46. The highest BCUT2D eigenvalue weighted by molar-refractivity contribution is 14.0. The number of guanidine groups is 1. The van der Waals surface area contributed by atoms with Crippen LogP contribution in [-0.4, -0.2) is 55.8 Å². The summed E-state index contributed by atoms with van der Waals surface area (Å²) in [6.07, 6.45) is 5.54. The lowest BCUT2D eigenvalue weighted by atomic mass is 9.88. The summed E-state index contributed by atoms with van der Waals surface area (Å²) in [5, 5.41) is 19.1. The summed E-state index contributed by atoms with van der Waals surface area (Å²) in [4.78, 5) is 8.32. The van der Waals surface area contributed by atoms with Crippen molar-refractivity contribution in [1.29, 1.82) is 0 Å². The molecule has 4 atom stereocenters. The first-order chi connectivity index (χ1) is 12.2. The van der Waals surface area contributed by atoms with Gasteiger partial charge in [-0.15, -0.1) is 35.3 Å². The summed E-state index contributed by atoms with van der Waals surface area (Å²) in [7, 11) is 4.06. The Hall–Kier alpha value is -0.380. The van der Waals surface area contributed by atoms with Gasteiger partial charge in [0.15, 0.2) is 5.96 Å². The number of aliphatic hydroxyl groups excluding tert-OH is 1. The molecule has 7 heteroatoms. The molecule has 0 bridgehead atoms. The van der Waals surface area contributed by atoms with E-state index in [0.29, 0.717) is 17.9 Å². The second-order valence-corrected chi connectivity index (χ2v) is 8.41. The average Bonchev–Trinajstić information content (AvgIpc) is 3.27. The minimum atomic E-state index is -0.152. The minimum absolute atomic E-state index is 0. The zero-order valence-corrected chi connectivity index (χ0v) is 19.0. The van der Waals surface area contributed by atoms with Crippen molar-refractivity contribution in [2.45, 2.75) is 44.2 Å². The Balaban J connectivity index is 0.00000243. The Morgan fingerprint density at radius 3 is 2.58 bits per heavy atom. The van der Waals surface area contributed by atoms with Gasteiger partial charge in [0, 0.05) is 37.0 Å². The molecule has 1 aromatic rings. The van der Waals surface area contributed by atoms with E-state index < -0.39 is 0 Å². The highest BCUT2D eigenvalue weighted by Crippen LogP contribution is 2.36. The Bertz CT molecular complexity index is 554. The number of hydrogen-bond donors (Lipinski definition) is 3. The standard InChI is InChI=1S/C19H32N4OS.HI/c1-20-19(21-12-14-6-3-8-16(14)24)22-13-15-7-4-10-23(2)18(15)17-9-5-11-25-17;/h5,9,11,14-16,18,24H,3-4,6-8,10,12-13H2,1-2H3,(H2,20,21,22);1H. The summed E-state index contributed by atoms with van der Waals surface area (Å²) in [6.45, 7) is 2.91. The van der Waals surface area contributed by atoms with Gasteiger partial charge >= 0.3 is 0 Å². The summed E-state index contributed by atoms with van der Waals surface area (Å²) in [5.74, 6) is 1.81. The molecule has 1 aliphatic heterocycles. The molecular formula is C19H33IN4OS. The van der Waals surface area contributed by atoms with Gasteiger partial charge < -0.3 is 15.7 Å². The third-order valence-electron chi connectivity index (χ3n) is 5.75. The zero-order chi connectivity index (χ0) is 17.6. The normalized spacial score (nSPS) is 30.0. The van der Waals surface area contributed by atoms with Crippen molar-refractivity contribution in [1.82, 2.24) is 15.5 Å². The molecule has 3 rings (SSSR count). The minimum Gasteiger partial charge on any atom is -0.393 e. The molecule has 0 radical (unpaired) electrons. The first-order valence-electron chi connectivity index (χ1n) is 9.55. The van der Waals surface area contributed by atoms with E-state index in [0.717, 1.165) is 38.3 Å². The van der Waals surface area contributed by atoms with Crippen LogP contribution in [0.15, 0.2) is 22.5 Å². The number of aliphatic hydroxyl groups is 1. The highest BCUT2D eigenvalue weighted by Gasteiger charge is 2.31. The molecule has 1 saturated carbocycles. The van der Waals surface area contributed by atoms with E-state index >= 15 is 0 Å². The zero-order valence-electron chi connectivity index (χ0n) is 15.9. The van der Waals surface area contributed by atoms with Crippen molar-refractivity contribution >= 4 is 41.3 Å². The Labute approximate surface area is 178 Å². The van der Waals surface area contributed by atoms with Crippen LogP contribution >= 0.6 is 35.3 Å². The molecule has 2 heterocycles. The van der Waals surface area contributed by atoms with Gasteiger partial charge in [-0.05, 0) is 56.6 Å². The van der Waals surface area contributed by atoms with Gasteiger partial charge in [-0.1, -0.05) is 12.5 Å². The predicted molar refractivity (Wildman–Crippen MR) is 121 cm³/mol. The fraction of sp³-hybridized carbons (Fsp3) is 0.737. The first-order valence-corrected chi connectivity index (χ1v) is 10.4. The number of piperidine rings is 1. The summed E-state index contributed by atoms with van der Waals surface area (Å²) in [6, 6.07) is 4.91. The molecule has 5 nitrogen and oxygen atoms in total. The van der Waals surface area contributed by atoms with Gasteiger partial charge in [-0.3, -0.25) is 9.89 Å². The van der Waals surface area contributed by atoms with Crippen LogP contribution in [0.1, 0.15) is 43.0 Å². The Morgan fingerprint density at radius 1 is 1.23 bits per heavy atom. The van der Waals surface area contributed by atoms with Crippen LogP contribution in [0.5, 0.6) is 0 Å². The van der Waals surface area contributed by atoms with Crippen molar-refractivity contribution in [3.8, 4) is 0 Å². The third-order valence-corrected chi connectivity index (χ3v) is 6.69. The quantitative estimate of drug-likeness (QED) is 0.336. The van der Waals surface area contributed by atoms with E-state index in [1.54, 1.807) is 0 Å². The van der Waals surface area contributed by atoms with E-state index in [2.05, 4.69) is 45.1 Å².